The molecule has 0 spiro atoms. The lowest BCUT2D eigenvalue weighted by atomic mass is 10.1. The fourth-order valence-electron chi connectivity index (χ4n) is 3.80. The maximum atomic E-state index is 11.7. The maximum absolute atomic E-state index is 11.7. The van der Waals surface area contributed by atoms with Gasteiger partial charge in [0, 0.05) is 17.6 Å². The van der Waals surface area contributed by atoms with E-state index in [1.54, 1.807) is 0 Å². The molecule has 0 aromatic heterocycles. The first-order valence-corrected chi connectivity index (χ1v) is 11.9. The average Bonchev–Trinajstić information content (AvgIpc) is 3.25. The number of likely N-dealkylation sites (tertiary alicyclic amines) is 1. The zero-order chi connectivity index (χ0) is 19.3. The van der Waals surface area contributed by atoms with Crippen LogP contribution in [0.4, 0.5) is 0 Å². The van der Waals surface area contributed by atoms with Gasteiger partial charge in [-0.2, -0.15) is 0 Å². The fraction of sp³-hybridized carbons (Fsp3) is 0.632. The van der Waals surface area contributed by atoms with Crippen LogP contribution < -0.4 is 10.6 Å². The van der Waals surface area contributed by atoms with Gasteiger partial charge in [0.2, 0.25) is 0 Å². The highest BCUT2D eigenvalue weighted by Gasteiger charge is 2.29. The highest BCUT2D eigenvalue weighted by Crippen LogP contribution is 2.27. The van der Waals surface area contributed by atoms with Gasteiger partial charge in [-0.1, -0.05) is 23.7 Å². The summed E-state index contributed by atoms with van der Waals surface area (Å²) < 4.78 is 23.4. The molecule has 0 radical (unpaired) electrons. The minimum absolute atomic E-state index is 0.0655. The van der Waals surface area contributed by atoms with Crippen LogP contribution in [0.1, 0.15) is 37.8 Å². The molecule has 2 heterocycles. The monoisotopic (exact) mass is 412 g/mol. The molecule has 1 aromatic rings. The number of sulfone groups is 1. The van der Waals surface area contributed by atoms with Crippen LogP contribution in [0.3, 0.4) is 0 Å². The van der Waals surface area contributed by atoms with Gasteiger partial charge >= 0.3 is 0 Å². The second-order valence-electron chi connectivity index (χ2n) is 7.28. The molecule has 3 rings (SSSR count). The van der Waals surface area contributed by atoms with E-state index in [0.717, 1.165) is 24.7 Å². The van der Waals surface area contributed by atoms with Gasteiger partial charge in [-0.3, -0.25) is 9.89 Å². The zero-order valence-electron chi connectivity index (χ0n) is 15.8. The van der Waals surface area contributed by atoms with Crippen molar-refractivity contribution >= 4 is 27.4 Å². The molecule has 8 heteroatoms. The van der Waals surface area contributed by atoms with Crippen molar-refractivity contribution in [3.8, 4) is 0 Å². The third-order valence-corrected chi connectivity index (χ3v) is 7.16. The number of guanidine groups is 1. The molecule has 2 fully saturated rings. The molecule has 2 unspecified atom stereocenters. The van der Waals surface area contributed by atoms with Gasteiger partial charge in [0.1, 0.15) is 0 Å². The summed E-state index contributed by atoms with van der Waals surface area (Å²) >= 11 is 6.21. The summed E-state index contributed by atoms with van der Waals surface area (Å²) in [7, 11) is -2.92. The lowest BCUT2D eigenvalue weighted by Crippen LogP contribution is -2.44. The largest absolute Gasteiger partial charge is 0.357 e. The standard InChI is InChI=1S/C19H29ClN4O2S/c1-2-21-19(23-17-8-11-27(25,26)14-17)22-13-18(24-9-3-4-10-24)15-6-5-7-16(20)12-15/h5-7,12,17-18H,2-4,8-11,13-14H2,1H3,(H2,21,22,23). The Labute approximate surface area is 167 Å². The van der Waals surface area contributed by atoms with Gasteiger partial charge in [-0.15, -0.1) is 0 Å². The first-order chi connectivity index (χ1) is 13.0. The SMILES string of the molecule is CCNC(=NCC(c1cccc(Cl)c1)N1CCCC1)NC1CCS(=O)(=O)C1. The van der Waals surface area contributed by atoms with E-state index in [2.05, 4.69) is 21.6 Å². The predicted octanol–water partition coefficient (Wildman–Crippen LogP) is 2.22. The third kappa shape index (κ3) is 5.83. The van der Waals surface area contributed by atoms with Crippen molar-refractivity contribution in [2.75, 3.05) is 37.7 Å². The molecule has 6 nitrogen and oxygen atoms in total. The molecule has 0 aliphatic carbocycles. The minimum Gasteiger partial charge on any atom is -0.357 e. The van der Waals surface area contributed by atoms with Gasteiger partial charge in [0.25, 0.3) is 0 Å². The van der Waals surface area contributed by atoms with E-state index in [4.69, 9.17) is 16.6 Å². The second kappa shape index (κ2) is 9.26. The number of hydrogen-bond donors (Lipinski definition) is 2. The topological polar surface area (TPSA) is 73.8 Å². The van der Waals surface area contributed by atoms with Crippen molar-refractivity contribution in [1.29, 1.82) is 0 Å². The Morgan fingerprint density at radius 2 is 2.15 bits per heavy atom. The number of hydrogen-bond acceptors (Lipinski definition) is 4. The van der Waals surface area contributed by atoms with E-state index in [0.29, 0.717) is 18.9 Å². The van der Waals surface area contributed by atoms with E-state index >= 15 is 0 Å². The van der Waals surface area contributed by atoms with Crippen molar-refractivity contribution in [1.82, 2.24) is 15.5 Å². The Kier molecular flexibility index (Phi) is 7.00. The van der Waals surface area contributed by atoms with Crippen LogP contribution >= 0.6 is 11.6 Å². The molecule has 150 valence electrons. The van der Waals surface area contributed by atoms with Crippen LogP contribution in [-0.2, 0) is 9.84 Å². The molecule has 2 aliphatic heterocycles. The number of nitrogens with zero attached hydrogens (tertiary/aromatic N) is 2. The van der Waals surface area contributed by atoms with Gasteiger partial charge in [-0.05, 0) is 57.0 Å². The molecular weight excluding hydrogens is 384 g/mol. The second-order valence-corrected chi connectivity index (χ2v) is 9.94. The van der Waals surface area contributed by atoms with Crippen LogP contribution in [0.15, 0.2) is 29.3 Å². The molecule has 0 bridgehead atoms. The Morgan fingerprint density at radius 1 is 1.37 bits per heavy atom. The normalized spacial score (nSPS) is 24.1. The van der Waals surface area contributed by atoms with Gasteiger partial charge in [-0.25, -0.2) is 8.42 Å². The number of rotatable bonds is 6. The molecule has 2 N–H and O–H groups in total. The molecule has 0 amide bonds. The zero-order valence-corrected chi connectivity index (χ0v) is 17.4. The van der Waals surface area contributed by atoms with E-state index in [1.807, 2.05) is 25.1 Å². The predicted molar refractivity (Wildman–Crippen MR) is 111 cm³/mol. The number of benzene rings is 1. The van der Waals surface area contributed by atoms with E-state index in [9.17, 15) is 8.42 Å². The first-order valence-electron chi connectivity index (χ1n) is 9.71. The lowest BCUT2D eigenvalue weighted by Gasteiger charge is -2.27. The molecule has 0 saturated carbocycles. The molecule has 2 atom stereocenters. The molecule has 2 saturated heterocycles. The average molecular weight is 413 g/mol. The summed E-state index contributed by atoms with van der Waals surface area (Å²) in [5.41, 5.74) is 1.17. The minimum atomic E-state index is -2.92. The van der Waals surface area contributed by atoms with Gasteiger partial charge in [0.15, 0.2) is 15.8 Å². The summed E-state index contributed by atoms with van der Waals surface area (Å²) in [6, 6.07) is 8.11. The van der Waals surface area contributed by atoms with E-state index in [1.165, 1.54) is 18.4 Å². The van der Waals surface area contributed by atoms with Crippen LogP contribution in [-0.4, -0.2) is 63.0 Å². The van der Waals surface area contributed by atoms with Crippen LogP contribution in [0.2, 0.25) is 5.02 Å². The lowest BCUT2D eigenvalue weighted by molar-refractivity contribution is 0.251. The third-order valence-electron chi connectivity index (χ3n) is 5.15. The van der Waals surface area contributed by atoms with Crippen LogP contribution in [0, 0.1) is 0 Å². The Hall–Kier alpha value is -1.31. The molecular formula is C19H29ClN4O2S. The summed E-state index contributed by atoms with van der Waals surface area (Å²) in [5.74, 6) is 1.12. The number of nitrogens with one attached hydrogen (secondary N) is 2. The molecule has 27 heavy (non-hydrogen) atoms. The number of halogens is 1. The van der Waals surface area contributed by atoms with Crippen molar-refractivity contribution in [3.63, 3.8) is 0 Å². The molecule has 1 aromatic carbocycles. The smallest absolute Gasteiger partial charge is 0.191 e. The van der Waals surface area contributed by atoms with Crippen molar-refractivity contribution in [2.45, 2.75) is 38.3 Å². The Bertz CT molecular complexity index is 763. The van der Waals surface area contributed by atoms with Crippen molar-refractivity contribution in [2.24, 2.45) is 4.99 Å². The Morgan fingerprint density at radius 3 is 2.78 bits per heavy atom. The van der Waals surface area contributed by atoms with Gasteiger partial charge in [0.05, 0.1) is 24.1 Å². The fourth-order valence-corrected chi connectivity index (χ4v) is 5.67. The van der Waals surface area contributed by atoms with E-state index in [-0.39, 0.29) is 23.6 Å². The first kappa shape index (κ1) is 20.4. The van der Waals surface area contributed by atoms with Crippen LogP contribution in [0.25, 0.3) is 0 Å². The van der Waals surface area contributed by atoms with Gasteiger partial charge < -0.3 is 10.6 Å². The number of aliphatic imine (C=N–C) groups is 1. The van der Waals surface area contributed by atoms with Crippen molar-refractivity contribution in [3.05, 3.63) is 34.9 Å². The van der Waals surface area contributed by atoms with Crippen LogP contribution in [0.5, 0.6) is 0 Å². The quantitative estimate of drug-likeness (QED) is 0.553. The maximum Gasteiger partial charge on any atom is 0.191 e. The summed E-state index contributed by atoms with van der Waals surface area (Å²) in [6.45, 7) is 5.48. The Balaban J connectivity index is 1.73. The van der Waals surface area contributed by atoms with Crippen molar-refractivity contribution < 1.29 is 8.42 Å². The summed E-state index contributed by atoms with van der Waals surface area (Å²) in [5, 5.41) is 7.28. The summed E-state index contributed by atoms with van der Waals surface area (Å²) in [4.78, 5) is 7.25. The highest BCUT2D eigenvalue weighted by atomic mass is 35.5. The summed E-state index contributed by atoms with van der Waals surface area (Å²) in [6.07, 6.45) is 3.05. The molecule has 2 aliphatic rings. The highest BCUT2D eigenvalue weighted by molar-refractivity contribution is 7.91. The van der Waals surface area contributed by atoms with E-state index < -0.39 is 9.84 Å².